The number of nitrogens with two attached hydrogens (primary N) is 1. The second-order valence-electron chi connectivity index (χ2n) is 12.9. The Morgan fingerprint density at radius 2 is 1.88 bits per heavy atom. The van der Waals surface area contributed by atoms with Crippen molar-refractivity contribution in [3.63, 3.8) is 0 Å². The Hall–Kier alpha value is -3.15. The van der Waals surface area contributed by atoms with Gasteiger partial charge in [0.05, 0.1) is 0 Å². The number of primary amides is 1. The zero-order valence-electron chi connectivity index (χ0n) is 26.7. The van der Waals surface area contributed by atoms with Crippen molar-refractivity contribution in [3.05, 3.63) is 39.7 Å². The van der Waals surface area contributed by atoms with Gasteiger partial charge in [0.25, 0.3) is 0 Å². The summed E-state index contributed by atoms with van der Waals surface area (Å²) in [5.74, 6) is -2.84. The fraction of sp³-hybridized carbons (Fsp3) is 0.594. The number of methoxy groups -OCH3 is 1. The van der Waals surface area contributed by atoms with E-state index in [-0.39, 0.29) is 23.5 Å². The topological polar surface area (TPSA) is 140 Å². The van der Waals surface area contributed by atoms with Crippen LogP contribution in [0.1, 0.15) is 50.3 Å². The van der Waals surface area contributed by atoms with Crippen molar-refractivity contribution in [3.8, 4) is 5.75 Å². The van der Waals surface area contributed by atoms with E-state index in [0.29, 0.717) is 30.2 Å². The molecule has 1 radical (unpaired) electrons. The summed E-state index contributed by atoms with van der Waals surface area (Å²) >= 11 is 0. The van der Waals surface area contributed by atoms with Gasteiger partial charge in [0.2, 0.25) is 0 Å². The first-order valence-corrected chi connectivity index (χ1v) is 15.0. The van der Waals surface area contributed by atoms with Gasteiger partial charge in [-0.1, -0.05) is 20.8 Å². The molecule has 0 heterocycles. The van der Waals surface area contributed by atoms with E-state index < -0.39 is 46.2 Å². The number of likely N-dealkylation sites (N-methyl/N-ethyl adjacent to an activating group) is 1. The summed E-state index contributed by atoms with van der Waals surface area (Å²) < 4.78 is 5.81. The first kappa shape index (κ1) is 32.8. The van der Waals surface area contributed by atoms with Crippen LogP contribution >= 0.6 is 0 Å². The van der Waals surface area contributed by atoms with E-state index in [9.17, 15) is 24.9 Å². The maximum atomic E-state index is 14.3. The van der Waals surface area contributed by atoms with Crippen LogP contribution in [0.25, 0.3) is 5.76 Å². The predicted molar refractivity (Wildman–Crippen MR) is 170 cm³/mol. The van der Waals surface area contributed by atoms with Crippen LogP contribution in [0.3, 0.4) is 0 Å². The average Bonchev–Trinajstić information content (AvgIpc) is 2.91. The van der Waals surface area contributed by atoms with Gasteiger partial charge in [-0.05, 0) is 12.3 Å². The summed E-state index contributed by atoms with van der Waals surface area (Å²) in [6.07, 6.45) is 1.69. The number of fused-ring (bicyclic) bond motifs is 3. The minimum absolute atomic E-state index is 0.0415. The van der Waals surface area contributed by atoms with E-state index in [4.69, 9.17) is 18.0 Å². The molecule has 1 aromatic rings. The van der Waals surface area contributed by atoms with Gasteiger partial charge in [-0.25, -0.2) is 0 Å². The SMILES string of the molecule is [B]=C1C(C(N)=O)=C(O)[C@@H](N(C)C)[C@@H]2C[C@@H]3Cc4c(c(OC)cc(CN(CC)CCC(C)C)c4N(C)C)C(O)=C3C(=O)[C@]12O. The number of ketones is 1. The number of nitrogens with zero attached hydrogens (tertiary/aromatic N) is 3. The maximum absolute atomic E-state index is 14.3. The first-order chi connectivity index (χ1) is 20.1. The fourth-order valence-electron chi connectivity index (χ4n) is 7.32. The molecule has 0 aromatic heterocycles. The molecular weight excluding hydrogens is 547 g/mol. The third kappa shape index (κ3) is 5.29. The number of hydrogen-bond donors (Lipinski definition) is 4. The van der Waals surface area contributed by atoms with E-state index in [2.05, 4.69) is 25.7 Å². The Kier molecular flexibility index (Phi) is 9.21. The molecule has 0 saturated heterocycles. The molecule has 1 saturated carbocycles. The molecule has 4 atom stereocenters. The predicted octanol–water partition coefficient (Wildman–Crippen LogP) is 1.97. The Balaban J connectivity index is 1.91. The summed E-state index contributed by atoms with van der Waals surface area (Å²) in [5, 5.41) is 35.0. The average molecular weight is 594 g/mol. The van der Waals surface area contributed by atoms with Crippen LogP contribution in [0.15, 0.2) is 23.0 Å². The number of amides is 1. The number of ether oxygens (including phenoxy) is 1. The van der Waals surface area contributed by atoms with E-state index >= 15 is 0 Å². The van der Waals surface area contributed by atoms with Crippen LogP contribution in [-0.2, 0) is 22.6 Å². The van der Waals surface area contributed by atoms with E-state index in [1.54, 1.807) is 19.0 Å². The molecule has 0 spiro atoms. The van der Waals surface area contributed by atoms with Crippen LogP contribution in [0.4, 0.5) is 5.69 Å². The molecule has 43 heavy (non-hydrogen) atoms. The number of aliphatic hydroxyl groups is 3. The Morgan fingerprint density at radius 3 is 2.40 bits per heavy atom. The van der Waals surface area contributed by atoms with Crippen molar-refractivity contribution in [2.24, 2.45) is 23.5 Å². The second-order valence-corrected chi connectivity index (χ2v) is 12.9. The van der Waals surface area contributed by atoms with Gasteiger partial charge in [0, 0.05) is 0 Å². The molecule has 5 N–H and O–H groups in total. The summed E-state index contributed by atoms with van der Waals surface area (Å²) in [5.41, 5.74) is 5.56. The van der Waals surface area contributed by atoms with Gasteiger partial charge in [0.1, 0.15) is 0 Å². The number of carbonyl (C=O) groups is 2. The molecule has 0 bridgehead atoms. The number of hydrogen-bond acceptors (Lipinski definition) is 9. The molecule has 4 rings (SSSR count). The van der Waals surface area contributed by atoms with Crippen molar-refractivity contribution in [2.45, 2.75) is 58.2 Å². The minimum atomic E-state index is -2.35. The first-order valence-electron chi connectivity index (χ1n) is 15.0. The van der Waals surface area contributed by atoms with Crippen LogP contribution in [0.5, 0.6) is 5.75 Å². The van der Waals surface area contributed by atoms with Gasteiger partial charge in [-0.2, -0.15) is 0 Å². The van der Waals surface area contributed by atoms with Crippen molar-refractivity contribution < 1.29 is 29.6 Å². The number of anilines is 1. The zero-order chi connectivity index (χ0) is 32.1. The molecule has 3 aliphatic carbocycles. The summed E-state index contributed by atoms with van der Waals surface area (Å²) in [6, 6.07) is 1.02. The molecule has 3 aliphatic rings. The van der Waals surface area contributed by atoms with Crippen molar-refractivity contribution in [2.75, 3.05) is 53.3 Å². The van der Waals surface area contributed by atoms with Crippen LogP contribution < -0.4 is 15.4 Å². The van der Waals surface area contributed by atoms with Gasteiger partial charge in [-0.3, -0.25) is 0 Å². The number of Topliss-reactive ketones (excluding diaryl/α,β-unsaturated/α-hetero) is 1. The van der Waals surface area contributed by atoms with Crippen molar-refractivity contribution >= 4 is 36.1 Å². The normalized spacial score (nSPS) is 25.3. The molecule has 10 nitrogen and oxygen atoms in total. The van der Waals surface area contributed by atoms with E-state index in [0.717, 1.165) is 36.3 Å². The molecule has 233 valence electrons. The van der Waals surface area contributed by atoms with E-state index in [1.807, 2.05) is 25.1 Å². The Bertz CT molecular complexity index is 1400. The van der Waals surface area contributed by atoms with Gasteiger partial charge in [-0.15, -0.1) is 0 Å². The molecule has 1 amide bonds. The summed E-state index contributed by atoms with van der Waals surface area (Å²) in [7, 11) is 15.1. The fourth-order valence-corrected chi connectivity index (χ4v) is 7.32. The van der Waals surface area contributed by atoms with Crippen molar-refractivity contribution in [1.29, 1.82) is 0 Å². The molecule has 11 heteroatoms. The number of carbonyl (C=O) groups excluding carboxylic acids is 2. The summed E-state index contributed by atoms with van der Waals surface area (Å²) in [6.45, 7) is 9.07. The van der Waals surface area contributed by atoms with Crippen LogP contribution in [0.2, 0.25) is 0 Å². The standard InChI is InChI=1S/C32H46BN4O6/c1-9-37(11-10-16(2)3)15-18-14-21(43-8)23-19(25(18)35(4)5)12-17-13-20-26(36(6)7)28(39)24(31(34)41)29(33)32(20,42)30(40)22(17)27(23)38/h14,16-17,20,26,38-39,42H,9-13,15H2,1-8H3,(H2,34,41)/t17-,20-,26-,32+/m0/s1. The monoisotopic (exact) mass is 593 g/mol. The van der Waals surface area contributed by atoms with Gasteiger partial charge < -0.3 is 0 Å². The zero-order valence-corrected chi connectivity index (χ0v) is 26.7. The van der Waals surface area contributed by atoms with E-state index in [1.165, 1.54) is 7.11 Å². The Labute approximate surface area is 255 Å². The van der Waals surface area contributed by atoms with Gasteiger partial charge in [0.15, 0.2) is 0 Å². The van der Waals surface area contributed by atoms with Crippen LogP contribution in [-0.4, -0.2) is 110 Å². The number of aliphatic hydroxyl groups excluding tert-OH is 2. The van der Waals surface area contributed by atoms with Crippen LogP contribution in [0, 0.1) is 17.8 Å². The second kappa shape index (κ2) is 12.1. The molecule has 0 aliphatic heterocycles. The van der Waals surface area contributed by atoms with Crippen molar-refractivity contribution in [1.82, 2.24) is 9.80 Å². The third-order valence-electron chi connectivity index (χ3n) is 9.39. The molecular formula is C32H46BN4O6. The Morgan fingerprint density at radius 1 is 1.23 bits per heavy atom. The quantitative estimate of drug-likeness (QED) is 0.300. The molecule has 0 unspecified atom stereocenters. The number of benzene rings is 1. The summed E-state index contributed by atoms with van der Waals surface area (Å²) in [4.78, 5) is 32.7. The third-order valence-corrected chi connectivity index (χ3v) is 9.39. The molecule has 1 fully saturated rings. The number of rotatable bonds is 10. The molecule has 1 aromatic carbocycles. The van der Waals surface area contributed by atoms with Gasteiger partial charge >= 0.3 is 223 Å².